The lowest BCUT2D eigenvalue weighted by atomic mass is 10.0. The molecule has 1 aromatic heterocycles. The van der Waals surface area contributed by atoms with Crippen LogP contribution in [0.4, 0.5) is 13.2 Å². The van der Waals surface area contributed by atoms with Gasteiger partial charge in [0.25, 0.3) is 0 Å². The van der Waals surface area contributed by atoms with Gasteiger partial charge in [-0.25, -0.2) is 0 Å². The number of ether oxygens (including phenoxy) is 1. The molecule has 102 valence electrons. The van der Waals surface area contributed by atoms with Crippen LogP contribution in [0.25, 0.3) is 0 Å². The fourth-order valence-corrected chi connectivity index (χ4v) is 2.32. The van der Waals surface area contributed by atoms with E-state index >= 15 is 0 Å². The molecule has 0 aliphatic carbocycles. The predicted molar refractivity (Wildman–Crippen MR) is 63.9 cm³/mol. The van der Waals surface area contributed by atoms with Gasteiger partial charge in [0.15, 0.2) is 0 Å². The zero-order valence-corrected chi connectivity index (χ0v) is 10.6. The molecule has 0 bridgehead atoms. The topological polar surface area (TPSA) is 47.0 Å². The summed E-state index contributed by atoms with van der Waals surface area (Å²) >= 11 is 1.12. The van der Waals surface area contributed by atoms with Crippen molar-refractivity contribution in [2.75, 3.05) is 7.05 Å². The number of halogens is 3. The van der Waals surface area contributed by atoms with Crippen LogP contribution < -0.4 is 10.1 Å². The number of nitrogens with zero attached hydrogens (tertiary/aromatic N) is 2. The molecule has 0 saturated carbocycles. The van der Waals surface area contributed by atoms with Crippen LogP contribution in [0.15, 0.2) is 30.5 Å². The summed E-state index contributed by atoms with van der Waals surface area (Å²) in [5.41, 5.74) is 0.383. The summed E-state index contributed by atoms with van der Waals surface area (Å²) in [6.45, 7) is 0. The molecule has 4 nitrogen and oxygen atoms in total. The van der Waals surface area contributed by atoms with Gasteiger partial charge in [0.1, 0.15) is 5.75 Å². The number of aromatic nitrogens is 2. The van der Waals surface area contributed by atoms with Gasteiger partial charge in [-0.3, -0.25) is 0 Å². The van der Waals surface area contributed by atoms with Crippen molar-refractivity contribution in [3.05, 3.63) is 40.9 Å². The van der Waals surface area contributed by atoms with Crippen LogP contribution in [0.2, 0.25) is 0 Å². The van der Waals surface area contributed by atoms with Gasteiger partial charge in [0, 0.05) is 5.56 Å². The quantitative estimate of drug-likeness (QED) is 0.940. The van der Waals surface area contributed by atoms with Crippen LogP contribution in [-0.4, -0.2) is 23.0 Å². The predicted octanol–water partition coefficient (Wildman–Crippen LogP) is 2.75. The van der Waals surface area contributed by atoms with Crippen LogP contribution >= 0.6 is 11.5 Å². The van der Waals surface area contributed by atoms with E-state index in [1.54, 1.807) is 19.2 Å². The molecule has 2 aromatic rings. The lowest BCUT2D eigenvalue weighted by Crippen LogP contribution is -2.22. The van der Waals surface area contributed by atoms with Crippen molar-refractivity contribution in [1.29, 1.82) is 0 Å². The average Bonchev–Trinajstić information content (AvgIpc) is 2.84. The summed E-state index contributed by atoms with van der Waals surface area (Å²) < 4.78 is 44.8. The fraction of sp³-hybridized carbons (Fsp3) is 0.273. The van der Waals surface area contributed by atoms with Crippen molar-refractivity contribution in [2.45, 2.75) is 12.4 Å². The number of para-hydroxylation sites is 1. The molecule has 0 saturated heterocycles. The van der Waals surface area contributed by atoms with E-state index in [1.807, 2.05) is 0 Å². The Balaban J connectivity index is 2.38. The standard InChI is InChI=1S/C11H10F3N3OS/c1-15-10(9-6-16-17-19-9)7-4-2-3-5-8(7)18-11(12,13)14/h2-6,10,15H,1H3. The third kappa shape index (κ3) is 3.42. The van der Waals surface area contributed by atoms with Gasteiger partial charge in [0.05, 0.1) is 17.1 Å². The number of benzene rings is 1. The summed E-state index contributed by atoms with van der Waals surface area (Å²) in [6, 6.07) is 5.54. The summed E-state index contributed by atoms with van der Waals surface area (Å²) in [5.74, 6) is -0.234. The first-order chi connectivity index (χ1) is 9.01. The molecule has 2 rings (SSSR count). The van der Waals surface area contributed by atoms with Gasteiger partial charge in [-0.2, -0.15) is 0 Å². The molecule has 1 heterocycles. The molecule has 0 radical (unpaired) electrons. The Morgan fingerprint density at radius 1 is 1.32 bits per heavy atom. The van der Waals surface area contributed by atoms with Crippen molar-refractivity contribution in [3.8, 4) is 5.75 Å². The lowest BCUT2D eigenvalue weighted by Gasteiger charge is -2.19. The second-order valence-corrected chi connectivity index (χ2v) is 4.44. The summed E-state index contributed by atoms with van der Waals surface area (Å²) in [4.78, 5) is 0.709. The minimum absolute atomic E-state index is 0.234. The van der Waals surface area contributed by atoms with E-state index in [9.17, 15) is 13.2 Å². The second-order valence-electron chi connectivity index (χ2n) is 3.63. The first kappa shape index (κ1) is 13.8. The van der Waals surface area contributed by atoms with Crippen molar-refractivity contribution < 1.29 is 17.9 Å². The molecule has 0 aliphatic rings. The van der Waals surface area contributed by atoms with Crippen LogP contribution in [0.5, 0.6) is 5.75 Å². The number of hydrogen-bond donors (Lipinski definition) is 1. The molecule has 0 amide bonds. The zero-order chi connectivity index (χ0) is 13.9. The Morgan fingerprint density at radius 3 is 2.63 bits per heavy atom. The van der Waals surface area contributed by atoms with E-state index in [-0.39, 0.29) is 5.75 Å². The molecule has 8 heteroatoms. The number of alkyl halides is 3. The van der Waals surface area contributed by atoms with E-state index in [0.717, 1.165) is 11.5 Å². The van der Waals surface area contributed by atoms with Gasteiger partial charge >= 0.3 is 6.36 Å². The average molecular weight is 289 g/mol. The molecule has 0 spiro atoms. The Bertz CT molecular complexity index is 530. The van der Waals surface area contributed by atoms with Crippen molar-refractivity contribution in [2.24, 2.45) is 0 Å². The third-order valence-electron chi connectivity index (χ3n) is 2.41. The minimum atomic E-state index is -4.72. The second kappa shape index (κ2) is 5.54. The Morgan fingerprint density at radius 2 is 2.05 bits per heavy atom. The van der Waals surface area contributed by atoms with E-state index in [1.165, 1.54) is 18.3 Å². The fourth-order valence-electron chi connectivity index (χ4n) is 1.69. The summed E-state index contributed by atoms with van der Waals surface area (Å²) in [7, 11) is 1.65. The molecule has 0 fully saturated rings. The summed E-state index contributed by atoms with van der Waals surface area (Å²) in [5, 5.41) is 6.62. The molecular formula is C11H10F3N3OS. The van der Waals surface area contributed by atoms with E-state index in [2.05, 4.69) is 19.6 Å². The van der Waals surface area contributed by atoms with Crippen molar-refractivity contribution >= 4 is 11.5 Å². The van der Waals surface area contributed by atoms with Gasteiger partial charge in [-0.05, 0) is 24.6 Å². The highest BCUT2D eigenvalue weighted by atomic mass is 32.1. The number of hydrogen-bond acceptors (Lipinski definition) is 5. The highest BCUT2D eigenvalue weighted by molar-refractivity contribution is 7.05. The van der Waals surface area contributed by atoms with Crippen molar-refractivity contribution in [3.63, 3.8) is 0 Å². The van der Waals surface area contributed by atoms with Gasteiger partial charge < -0.3 is 10.1 Å². The van der Waals surface area contributed by atoms with Gasteiger partial charge in [-0.15, -0.1) is 18.3 Å². The maximum absolute atomic E-state index is 12.4. The number of rotatable bonds is 4. The largest absolute Gasteiger partial charge is 0.573 e. The Labute approximate surface area is 111 Å². The van der Waals surface area contributed by atoms with Crippen LogP contribution in [-0.2, 0) is 0 Å². The molecule has 1 unspecified atom stereocenters. The highest BCUT2D eigenvalue weighted by Gasteiger charge is 2.33. The first-order valence-electron chi connectivity index (χ1n) is 5.30. The lowest BCUT2D eigenvalue weighted by molar-refractivity contribution is -0.275. The van der Waals surface area contributed by atoms with Crippen LogP contribution in [0, 0.1) is 0 Å². The molecule has 0 aliphatic heterocycles. The third-order valence-corrected chi connectivity index (χ3v) is 3.14. The van der Waals surface area contributed by atoms with E-state index in [4.69, 9.17) is 0 Å². The molecule has 1 N–H and O–H groups in total. The zero-order valence-electron chi connectivity index (χ0n) is 9.81. The maximum atomic E-state index is 12.4. The van der Waals surface area contributed by atoms with E-state index in [0.29, 0.717) is 10.4 Å². The minimum Gasteiger partial charge on any atom is -0.405 e. The monoisotopic (exact) mass is 289 g/mol. The van der Waals surface area contributed by atoms with Crippen molar-refractivity contribution in [1.82, 2.24) is 14.9 Å². The van der Waals surface area contributed by atoms with Crippen LogP contribution in [0.3, 0.4) is 0 Å². The molecular weight excluding hydrogens is 279 g/mol. The normalized spacial score (nSPS) is 13.3. The maximum Gasteiger partial charge on any atom is 0.573 e. The highest BCUT2D eigenvalue weighted by Crippen LogP contribution is 2.33. The first-order valence-corrected chi connectivity index (χ1v) is 6.08. The molecule has 1 aromatic carbocycles. The van der Waals surface area contributed by atoms with Crippen LogP contribution in [0.1, 0.15) is 16.5 Å². The SMILES string of the molecule is CNC(c1cnns1)c1ccccc1OC(F)(F)F. The number of nitrogens with one attached hydrogen (secondary N) is 1. The Hall–Kier alpha value is -1.67. The molecule has 19 heavy (non-hydrogen) atoms. The Kier molecular flexibility index (Phi) is 4.01. The molecule has 1 atom stereocenters. The van der Waals surface area contributed by atoms with Gasteiger partial charge in [-0.1, -0.05) is 22.7 Å². The van der Waals surface area contributed by atoms with E-state index < -0.39 is 12.4 Å². The summed E-state index contributed by atoms with van der Waals surface area (Å²) in [6.07, 6.45) is -3.21. The smallest absolute Gasteiger partial charge is 0.405 e. The van der Waals surface area contributed by atoms with Gasteiger partial charge in [0.2, 0.25) is 0 Å².